The molecule has 18 heavy (non-hydrogen) atoms. The van der Waals surface area contributed by atoms with Crippen molar-refractivity contribution in [3.8, 4) is 0 Å². The molecule has 0 atom stereocenters. The monoisotopic (exact) mass is 253 g/mol. The highest BCUT2D eigenvalue weighted by atomic mass is 16.6. The maximum atomic E-state index is 11.2. The van der Waals surface area contributed by atoms with Crippen LogP contribution in [0.2, 0.25) is 0 Å². The Bertz CT molecular complexity index is 440. The van der Waals surface area contributed by atoms with Crippen molar-refractivity contribution in [1.29, 1.82) is 0 Å². The molecule has 0 fully saturated rings. The largest absolute Gasteiger partial charge is 0.465 e. The fraction of sp³-hybridized carbons (Fsp3) is 0.417. The van der Waals surface area contributed by atoms with Crippen LogP contribution in [-0.2, 0) is 16.1 Å². The van der Waals surface area contributed by atoms with Crippen LogP contribution in [0.15, 0.2) is 24.3 Å². The number of hydrogen-bond donors (Lipinski definition) is 0. The number of methoxy groups -OCH3 is 1. The predicted molar refractivity (Wildman–Crippen MR) is 65.8 cm³/mol. The van der Waals surface area contributed by atoms with E-state index in [4.69, 9.17) is 0 Å². The average Bonchev–Trinajstić information content (AvgIpc) is 2.28. The van der Waals surface area contributed by atoms with Crippen molar-refractivity contribution in [2.75, 3.05) is 27.7 Å². The van der Waals surface area contributed by atoms with Crippen LogP contribution in [0.1, 0.15) is 5.56 Å². The summed E-state index contributed by atoms with van der Waals surface area (Å²) in [5, 5.41) is 10.5. The summed E-state index contributed by atoms with van der Waals surface area (Å²) in [6.07, 6.45) is 0. The average molecular weight is 253 g/mol. The zero-order chi connectivity index (χ0) is 13.8. The molecule has 1 aromatic carbocycles. The first-order valence-corrected chi connectivity index (χ1v) is 5.46. The van der Waals surface area contributed by atoms with Crippen molar-refractivity contribution >= 4 is 11.7 Å². The summed E-state index contributed by atoms with van der Waals surface area (Å²) < 4.78 is 5.07. The van der Waals surface area contributed by atoms with Gasteiger partial charge in [0.05, 0.1) is 26.1 Å². The smallest absolute Gasteiger partial charge is 0.361 e. The maximum absolute atomic E-state index is 11.2. The van der Waals surface area contributed by atoms with Crippen molar-refractivity contribution in [2.24, 2.45) is 0 Å². The second kappa shape index (κ2) is 5.59. The summed E-state index contributed by atoms with van der Waals surface area (Å²) in [6, 6.07) is 6.34. The van der Waals surface area contributed by atoms with Gasteiger partial charge in [-0.25, -0.2) is 4.79 Å². The zero-order valence-electron chi connectivity index (χ0n) is 10.8. The van der Waals surface area contributed by atoms with E-state index in [0.717, 1.165) is 5.56 Å². The Morgan fingerprint density at radius 1 is 1.33 bits per heavy atom. The molecule has 0 heterocycles. The van der Waals surface area contributed by atoms with E-state index in [1.54, 1.807) is 12.1 Å². The van der Waals surface area contributed by atoms with Crippen molar-refractivity contribution in [3.05, 3.63) is 39.9 Å². The molecular formula is C12H17N2O4+. The first-order chi connectivity index (χ1) is 8.34. The molecule has 1 rings (SSSR count). The van der Waals surface area contributed by atoms with Crippen molar-refractivity contribution in [2.45, 2.75) is 6.54 Å². The highest BCUT2D eigenvalue weighted by Gasteiger charge is 2.21. The van der Waals surface area contributed by atoms with Crippen LogP contribution in [-0.4, -0.2) is 43.1 Å². The summed E-state index contributed by atoms with van der Waals surface area (Å²) in [5.41, 5.74) is 1.01. The molecule has 0 bridgehead atoms. The fourth-order valence-corrected chi connectivity index (χ4v) is 1.69. The molecule has 0 saturated heterocycles. The lowest BCUT2D eigenvalue weighted by molar-refractivity contribution is -0.896. The summed E-state index contributed by atoms with van der Waals surface area (Å²) >= 11 is 0. The molecule has 0 aliphatic heterocycles. The first-order valence-electron chi connectivity index (χ1n) is 5.46. The molecule has 6 heteroatoms. The lowest BCUT2D eigenvalue weighted by atomic mass is 10.2. The molecule has 0 aliphatic rings. The summed E-state index contributed by atoms with van der Waals surface area (Å²) in [4.78, 5) is 21.3. The molecule has 0 spiro atoms. The van der Waals surface area contributed by atoms with E-state index >= 15 is 0 Å². The van der Waals surface area contributed by atoms with Crippen molar-refractivity contribution in [3.63, 3.8) is 0 Å². The van der Waals surface area contributed by atoms with Gasteiger partial charge in [-0.2, -0.15) is 0 Å². The van der Waals surface area contributed by atoms with Crippen LogP contribution >= 0.6 is 0 Å². The lowest BCUT2D eigenvalue weighted by Crippen LogP contribution is -2.43. The predicted octanol–water partition coefficient (Wildman–Crippen LogP) is 1.34. The number of nitrogens with zero attached hydrogens (tertiary/aromatic N) is 2. The third-order valence-corrected chi connectivity index (χ3v) is 2.54. The molecule has 0 unspecified atom stereocenters. The quantitative estimate of drug-likeness (QED) is 0.344. The van der Waals surface area contributed by atoms with E-state index in [-0.39, 0.29) is 18.2 Å². The number of hydrogen-bond acceptors (Lipinski definition) is 4. The molecule has 0 saturated carbocycles. The van der Waals surface area contributed by atoms with Crippen LogP contribution in [0, 0.1) is 10.1 Å². The van der Waals surface area contributed by atoms with Gasteiger partial charge in [-0.05, 0) is 12.1 Å². The number of likely N-dealkylation sites (N-methyl/N-ethyl adjacent to an activating group) is 1. The Morgan fingerprint density at radius 2 is 1.89 bits per heavy atom. The number of ether oxygens (including phenoxy) is 1. The number of nitro groups is 1. The summed E-state index contributed by atoms with van der Waals surface area (Å²) in [5.74, 6) is -0.276. The third kappa shape index (κ3) is 4.14. The number of esters is 1. The Hall–Kier alpha value is -1.95. The second-order valence-corrected chi connectivity index (χ2v) is 4.75. The number of rotatable bonds is 5. The third-order valence-electron chi connectivity index (χ3n) is 2.54. The van der Waals surface area contributed by atoms with E-state index < -0.39 is 4.92 Å². The van der Waals surface area contributed by atoms with Gasteiger partial charge in [0.15, 0.2) is 6.54 Å². The Balaban J connectivity index is 2.71. The number of carbonyl (C=O) groups excluding carboxylic acids is 1. The van der Waals surface area contributed by atoms with Crippen molar-refractivity contribution in [1.82, 2.24) is 0 Å². The van der Waals surface area contributed by atoms with Crippen LogP contribution < -0.4 is 0 Å². The minimum atomic E-state index is -0.432. The van der Waals surface area contributed by atoms with Gasteiger partial charge in [0.2, 0.25) is 0 Å². The molecule has 0 N–H and O–H groups in total. The molecule has 98 valence electrons. The number of benzene rings is 1. The summed E-state index contributed by atoms with van der Waals surface area (Å²) in [7, 11) is 5.16. The van der Waals surface area contributed by atoms with Crippen LogP contribution in [0.4, 0.5) is 5.69 Å². The second-order valence-electron chi connectivity index (χ2n) is 4.75. The van der Waals surface area contributed by atoms with E-state index in [1.807, 2.05) is 14.1 Å². The first kappa shape index (κ1) is 14.1. The molecule has 0 amide bonds. The zero-order valence-corrected chi connectivity index (χ0v) is 10.8. The fourth-order valence-electron chi connectivity index (χ4n) is 1.69. The Labute approximate surface area is 106 Å². The van der Waals surface area contributed by atoms with Crippen molar-refractivity contribution < 1.29 is 18.9 Å². The van der Waals surface area contributed by atoms with E-state index in [2.05, 4.69) is 4.74 Å². The molecule has 0 aliphatic carbocycles. The highest BCUT2D eigenvalue weighted by Crippen LogP contribution is 2.15. The Kier molecular flexibility index (Phi) is 4.38. The number of non-ortho nitro benzene ring substituents is 1. The van der Waals surface area contributed by atoms with E-state index in [1.165, 1.54) is 19.2 Å². The van der Waals surface area contributed by atoms with Crippen LogP contribution in [0.5, 0.6) is 0 Å². The normalized spacial score (nSPS) is 11.1. The van der Waals surface area contributed by atoms with E-state index in [0.29, 0.717) is 11.0 Å². The van der Waals surface area contributed by atoms with Gasteiger partial charge < -0.3 is 9.22 Å². The van der Waals surface area contributed by atoms with Gasteiger partial charge in [-0.1, -0.05) is 0 Å². The van der Waals surface area contributed by atoms with E-state index in [9.17, 15) is 14.9 Å². The molecule has 6 nitrogen and oxygen atoms in total. The summed E-state index contributed by atoms with van der Waals surface area (Å²) in [6.45, 7) is 0.862. The van der Waals surface area contributed by atoms with Gasteiger partial charge in [-0.15, -0.1) is 0 Å². The molecule has 1 aromatic rings. The maximum Gasteiger partial charge on any atom is 0.361 e. The van der Waals surface area contributed by atoms with Gasteiger partial charge in [0, 0.05) is 17.7 Å². The lowest BCUT2D eigenvalue weighted by Gasteiger charge is -2.28. The van der Waals surface area contributed by atoms with Gasteiger partial charge >= 0.3 is 5.97 Å². The van der Waals surface area contributed by atoms with Gasteiger partial charge in [-0.3, -0.25) is 10.1 Å². The highest BCUT2D eigenvalue weighted by molar-refractivity contribution is 5.70. The number of quaternary nitrogens is 1. The molecular weight excluding hydrogens is 236 g/mol. The van der Waals surface area contributed by atoms with Crippen LogP contribution in [0.3, 0.4) is 0 Å². The SMILES string of the molecule is COC(=O)C[N+](C)(C)Cc1ccc([N+](=O)[O-])cc1. The van der Waals surface area contributed by atoms with Gasteiger partial charge in [0.1, 0.15) is 6.54 Å². The van der Waals surface area contributed by atoms with Gasteiger partial charge in [0.25, 0.3) is 5.69 Å². The molecule has 0 aromatic heterocycles. The minimum absolute atomic E-state index is 0.0667. The molecule has 0 radical (unpaired) electrons. The number of carbonyl (C=O) groups is 1. The number of nitro benzene ring substituents is 1. The Morgan fingerprint density at radius 3 is 2.33 bits per heavy atom. The minimum Gasteiger partial charge on any atom is -0.465 e. The standard InChI is InChI=1S/C12H17N2O4/c1-14(2,9-12(15)18-3)8-10-4-6-11(7-5-10)13(16)17/h4-7H,8-9H2,1-3H3/q+1. The van der Waals surface area contributed by atoms with Crippen LogP contribution in [0.25, 0.3) is 0 Å². The topological polar surface area (TPSA) is 69.4 Å².